The van der Waals surface area contributed by atoms with E-state index in [1.54, 1.807) is 60.7 Å². The summed E-state index contributed by atoms with van der Waals surface area (Å²) in [6, 6.07) is 19.5. The highest BCUT2D eigenvalue weighted by atomic mass is 16.4. The van der Waals surface area contributed by atoms with Gasteiger partial charge in [0.25, 0.3) is 23.6 Å². The molecular formula is C30H22N2O6. The van der Waals surface area contributed by atoms with Crippen molar-refractivity contribution in [2.24, 2.45) is 0 Å². The Morgan fingerprint density at radius 2 is 1.05 bits per heavy atom. The number of benzene rings is 4. The van der Waals surface area contributed by atoms with E-state index in [2.05, 4.69) is 0 Å². The number of imide groups is 2. The van der Waals surface area contributed by atoms with Gasteiger partial charge < -0.3 is 5.11 Å². The fraction of sp³-hybridized carbons (Fsp3) is 0.167. The highest BCUT2D eigenvalue weighted by Crippen LogP contribution is 2.33. The summed E-state index contributed by atoms with van der Waals surface area (Å²) in [6.45, 7) is 0.0960. The van der Waals surface area contributed by atoms with Crippen LogP contribution < -0.4 is 0 Å². The van der Waals surface area contributed by atoms with Crippen LogP contribution in [0.3, 0.4) is 0 Å². The summed E-state index contributed by atoms with van der Waals surface area (Å²) in [5.74, 6) is -3.35. The van der Waals surface area contributed by atoms with E-state index in [1.165, 1.54) is 4.90 Å². The Morgan fingerprint density at radius 1 is 0.632 bits per heavy atom. The number of rotatable bonds is 7. The molecule has 188 valence electrons. The number of carbonyl (C=O) groups is 5. The number of carboxylic acid groups (broad SMARTS) is 1. The molecule has 0 radical (unpaired) electrons. The third kappa shape index (κ3) is 3.48. The maximum absolute atomic E-state index is 13.3. The molecule has 1 N–H and O–H groups in total. The number of carbonyl (C=O) groups excluding carboxylic acids is 4. The van der Waals surface area contributed by atoms with Gasteiger partial charge in [-0.05, 0) is 54.3 Å². The van der Waals surface area contributed by atoms with Crippen molar-refractivity contribution in [1.29, 1.82) is 0 Å². The molecule has 0 aliphatic carbocycles. The number of carboxylic acids is 1. The third-order valence-corrected chi connectivity index (χ3v) is 7.36. The summed E-state index contributed by atoms with van der Waals surface area (Å²) in [6.07, 6.45) is 0.595. The van der Waals surface area contributed by atoms with E-state index in [4.69, 9.17) is 0 Å². The minimum Gasteiger partial charge on any atom is -0.480 e. The van der Waals surface area contributed by atoms with Crippen molar-refractivity contribution in [3.8, 4) is 0 Å². The zero-order valence-electron chi connectivity index (χ0n) is 20.2. The number of hydrogen-bond acceptors (Lipinski definition) is 5. The summed E-state index contributed by atoms with van der Waals surface area (Å²) in [5.41, 5.74) is 1.50. The van der Waals surface area contributed by atoms with Gasteiger partial charge in [-0.25, -0.2) is 4.79 Å². The number of unbranched alkanes of at least 4 members (excludes halogenated alkanes) is 1. The summed E-state index contributed by atoms with van der Waals surface area (Å²) >= 11 is 0. The molecule has 0 bridgehead atoms. The highest BCUT2D eigenvalue weighted by Gasteiger charge is 2.40. The molecule has 38 heavy (non-hydrogen) atoms. The van der Waals surface area contributed by atoms with E-state index < -0.39 is 23.8 Å². The number of hydrogen-bond donors (Lipinski definition) is 1. The van der Waals surface area contributed by atoms with Crippen molar-refractivity contribution >= 4 is 51.1 Å². The van der Waals surface area contributed by atoms with Gasteiger partial charge in [0.2, 0.25) is 0 Å². The maximum atomic E-state index is 13.3. The molecule has 1 atom stereocenters. The molecule has 8 nitrogen and oxygen atoms in total. The van der Waals surface area contributed by atoms with E-state index in [1.807, 2.05) is 12.1 Å². The van der Waals surface area contributed by atoms with Crippen molar-refractivity contribution < 1.29 is 29.1 Å². The monoisotopic (exact) mass is 506 g/mol. The van der Waals surface area contributed by atoms with Crippen molar-refractivity contribution in [3.63, 3.8) is 0 Å². The summed E-state index contributed by atoms with van der Waals surface area (Å²) < 4.78 is 0. The SMILES string of the molecule is O=C(O)[C@@H](CCCCN1C(=O)c2cccc3cccc(c23)C1=O)N1C(=O)c2cccc3cccc(c23)C1=O. The smallest absolute Gasteiger partial charge is 0.326 e. The second kappa shape index (κ2) is 8.92. The van der Waals surface area contributed by atoms with Gasteiger partial charge in [0.15, 0.2) is 0 Å². The molecule has 4 amide bonds. The van der Waals surface area contributed by atoms with Crippen LogP contribution in [0.15, 0.2) is 72.8 Å². The number of aliphatic carboxylic acids is 1. The first-order valence-corrected chi connectivity index (χ1v) is 12.4. The zero-order valence-corrected chi connectivity index (χ0v) is 20.2. The Hall–Kier alpha value is -4.85. The molecule has 2 aliphatic heterocycles. The minimum absolute atomic E-state index is 0.00660. The first-order valence-electron chi connectivity index (χ1n) is 12.4. The summed E-state index contributed by atoms with van der Waals surface area (Å²) in [7, 11) is 0. The maximum Gasteiger partial charge on any atom is 0.326 e. The predicted molar refractivity (Wildman–Crippen MR) is 139 cm³/mol. The lowest BCUT2D eigenvalue weighted by molar-refractivity contribution is -0.142. The van der Waals surface area contributed by atoms with Crippen LogP contribution in [0, 0.1) is 0 Å². The van der Waals surface area contributed by atoms with Gasteiger partial charge in [-0.2, -0.15) is 0 Å². The van der Waals surface area contributed by atoms with Crippen LogP contribution in [0.25, 0.3) is 21.5 Å². The van der Waals surface area contributed by atoms with Crippen molar-refractivity contribution in [3.05, 3.63) is 95.1 Å². The second-order valence-corrected chi connectivity index (χ2v) is 9.51. The molecule has 2 heterocycles. The molecule has 0 fully saturated rings. The molecule has 0 aromatic heterocycles. The van der Waals surface area contributed by atoms with E-state index in [-0.39, 0.29) is 31.2 Å². The lowest BCUT2D eigenvalue weighted by Crippen LogP contribution is -2.50. The fourth-order valence-corrected chi connectivity index (χ4v) is 5.59. The first kappa shape index (κ1) is 23.5. The molecule has 8 heteroatoms. The third-order valence-electron chi connectivity index (χ3n) is 7.36. The normalized spacial score (nSPS) is 15.5. The molecule has 0 unspecified atom stereocenters. The van der Waals surface area contributed by atoms with Gasteiger partial charge in [-0.1, -0.05) is 48.5 Å². The van der Waals surface area contributed by atoms with Gasteiger partial charge in [0.1, 0.15) is 6.04 Å². The van der Waals surface area contributed by atoms with Gasteiger partial charge in [-0.15, -0.1) is 0 Å². The first-order chi connectivity index (χ1) is 18.4. The lowest BCUT2D eigenvalue weighted by atomic mass is 9.92. The van der Waals surface area contributed by atoms with Crippen LogP contribution in [-0.4, -0.2) is 57.1 Å². The molecule has 0 saturated heterocycles. The molecule has 6 rings (SSSR count). The van der Waals surface area contributed by atoms with Crippen LogP contribution in [0.5, 0.6) is 0 Å². The van der Waals surface area contributed by atoms with Crippen LogP contribution in [0.1, 0.15) is 60.7 Å². The lowest BCUT2D eigenvalue weighted by Gasteiger charge is -2.32. The largest absolute Gasteiger partial charge is 0.480 e. The topological polar surface area (TPSA) is 112 Å². The van der Waals surface area contributed by atoms with E-state index >= 15 is 0 Å². The summed E-state index contributed by atoms with van der Waals surface area (Å²) in [4.78, 5) is 67.0. The molecule has 4 aromatic rings. The van der Waals surface area contributed by atoms with Crippen LogP contribution in [0.2, 0.25) is 0 Å². The Balaban J connectivity index is 1.19. The van der Waals surface area contributed by atoms with Crippen molar-refractivity contribution in [1.82, 2.24) is 9.80 Å². The zero-order chi connectivity index (χ0) is 26.6. The van der Waals surface area contributed by atoms with E-state index in [0.29, 0.717) is 39.4 Å². The quantitative estimate of drug-likeness (QED) is 0.292. The average Bonchev–Trinajstić information content (AvgIpc) is 2.92. The molecule has 4 aromatic carbocycles. The number of nitrogens with zero attached hydrogens (tertiary/aromatic N) is 2. The second-order valence-electron chi connectivity index (χ2n) is 9.51. The van der Waals surface area contributed by atoms with Gasteiger partial charge in [0, 0.05) is 39.6 Å². The Bertz CT molecular complexity index is 1610. The molecule has 0 spiro atoms. The van der Waals surface area contributed by atoms with Crippen molar-refractivity contribution in [2.75, 3.05) is 6.54 Å². The molecule has 2 aliphatic rings. The van der Waals surface area contributed by atoms with E-state index in [0.717, 1.165) is 15.7 Å². The number of amides is 4. The van der Waals surface area contributed by atoms with E-state index in [9.17, 15) is 29.1 Å². The van der Waals surface area contributed by atoms with Crippen LogP contribution >= 0.6 is 0 Å². The summed E-state index contributed by atoms with van der Waals surface area (Å²) in [5, 5.41) is 12.7. The predicted octanol–water partition coefficient (Wildman–Crippen LogP) is 4.51. The Kier molecular flexibility index (Phi) is 5.52. The molecular weight excluding hydrogens is 484 g/mol. The highest BCUT2D eigenvalue weighted by molar-refractivity contribution is 6.27. The fourth-order valence-electron chi connectivity index (χ4n) is 5.59. The Morgan fingerprint density at radius 3 is 1.47 bits per heavy atom. The van der Waals surface area contributed by atoms with Gasteiger partial charge >= 0.3 is 5.97 Å². The van der Waals surface area contributed by atoms with Crippen molar-refractivity contribution in [2.45, 2.75) is 25.3 Å². The van der Waals surface area contributed by atoms with Crippen LogP contribution in [0.4, 0.5) is 0 Å². The van der Waals surface area contributed by atoms with Gasteiger partial charge in [0.05, 0.1) is 0 Å². The molecule has 0 saturated carbocycles. The average molecular weight is 507 g/mol. The van der Waals surface area contributed by atoms with Crippen LogP contribution in [-0.2, 0) is 4.79 Å². The standard InChI is InChI=1S/C30H22N2O6/c33-26-19-11-3-7-17-8-4-12-20(24(17)19)27(34)31(26)16-2-1-15-23(30(37)38)32-28(35)21-13-5-9-18-10-6-14-22(25(18)21)29(32)36/h3-14,23H,1-2,15-16H2,(H,37,38)/t23-/m1/s1. The Labute approximate surface area is 217 Å². The van der Waals surface area contributed by atoms with Gasteiger partial charge in [-0.3, -0.25) is 29.0 Å². The minimum atomic E-state index is -1.37.